The maximum Gasteiger partial charge on any atom is 0.394 e. The van der Waals surface area contributed by atoms with E-state index in [1.807, 2.05) is 0 Å². The van der Waals surface area contributed by atoms with Gasteiger partial charge in [0.1, 0.15) is 0 Å². The zero-order valence-corrected chi connectivity index (χ0v) is 17.6. The molecule has 0 aromatic rings. The molecule has 0 aliphatic rings. The number of hydrogen-bond acceptors (Lipinski definition) is 12. The molecule has 0 rings (SSSR count). The summed E-state index contributed by atoms with van der Waals surface area (Å²) in [5, 5.41) is 0. The molecule has 0 spiro atoms. The van der Waals surface area contributed by atoms with Crippen LogP contribution < -0.4 is 0 Å². The highest BCUT2D eigenvalue weighted by molar-refractivity contribution is 7.81. The second-order valence-corrected chi connectivity index (χ2v) is 8.06. The second kappa shape index (κ2) is 19.2. The van der Waals surface area contributed by atoms with Crippen molar-refractivity contribution in [1.82, 2.24) is 0 Å². The van der Waals surface area contributed by atoms with Gasteiger partial charge in [-0.15, -0.1) is 0 Å². The largest absolute Gasteiger partial charge is 0.394 e. The van der Waals surface area contributed by atoms with Crippen molar-refractivity contribution in [2.24, 2.45) is 0 Å². The quantitative estimate of drug-likeness (QED) is 0.0891. The van der Waals surface area contributed by atoms with Crippen LogP contribution >= 0.6 is 0 Å². The fraction of sp³-hybridized carbons (Fsp3) is 0. The van der Waals surface area contributed by atoms with E-state index in [1.54, 1.807) is 0 Å². The molecule has 31 heteroatoms. The van der Waals surface area contributed by atoms with E-state index in [1.165, 1.54) is 0 Å². The Labute approximate surface area is 184 Å². The topological polar surface area (TPSA) is 448 Å². The lowest BCUT2D eigenvalue weighted by Crippen LogP contribution is -1.89. The van der Waals surface area contributed by atoms with Crippen molar-refractivity contribution in [3.63, 3.8) is 0 Å². The smallest absolute Gasteiger partial charge is 0.264 e. The first-order valence-corrected chi connectivity index (χ1v) is 12.6. The summed E-state index contributed by atoms with van der Waals surface area (Å²) in [5.41, 5.74) is 0. The summed E-state index contributed by atoms with van der Waals surface area (Å²) in [4.78, 5) is 0. The van der Waals surface area contributed by atoms with Gasteiger partial charge < -0.3 is 0 Å². The molecule has 0 saturated carbocycles. The molecule has 31 heavy (non-hydrogen) atoms. The van der Waals surface area contributed by atoms with Gasteiger partial charge in [-0.3, -0.25) is 54.6 Å². The third-order valence-electron chi connectivity index (χ3n) is 0. The minimum absolute atomic E-state index is 0. The van der Waals surface area contributed by atoms with Crippen LogP contribution in [0.15, 0.2) is 0 Å². The van der Waals surface area contributed by atoms with Crippen molar-refractivity contribution >= 4 is 79.8 Å². The molecule has 0 saturated heterocycles. The summed E-state index contributed by atoms with van der Waals surface area (Å²) in [6.45, 7) is 0. The van der Waals surface area contributed by atoms with Gasteiger partial charge in [0.05, 0.1) is 0 Å². The van der Waals surface area contributed by atoms with Gasteiger partial charge in [-0.1, -0.05) is 0 Å². The molecular formula is H15AlO24S6. The van der Waals surface area contributed by atoms with Crippen molar-refractivity contribution in [2.45, 2.75) is 0 Å². The Bertz CT molecular complexity index is 760. The average Bonchev–Trinajstić information content (AvgIpc) is 1.94. The zero-order chi connectivity index (χ0) is 27.0. The van der Waals surface area contributed by atoms with Gasteiger partial charge in [-0.2, -0.15) is 50.5 Å². The SMILES string of the molecule is O=S(=O)(O)O.O=S(=O)(O)O.O=S(=O)(O)O.O=S(=O)(O)O.O=S(=O)(O)O.O=S(=O)(O)O.[AlH3]. The monoisotopic (exact) mass is 618 g/mol. The Morgan fingerprint density at radius 2 is 0.226 bits per heavy atom. The Kier molecular flexibility index (Phi) is 30.0. The lowest BCUT2D eigenvalue weighted by molar-refractivity contribution is 0.378. The number of hydrogen-bond donors (Lipinski definition) is 12. The van der Waals surface area contributed by atoms with E-state index in [0.29, 0.717) is 0 Å². The lowest BCUT2D eigenvalue weighted by atomic mass is 15.8. The van der Waals surface area contributed by atoms with E-state index in [2.05, 4.69) is 0 Å². The number of rotatable bonds is 0. The summed E-state index contributed by atoms with van der Waals surface area (Å²) in [7, 11) is -28.0. The minimum atomic E-state index is -4.67. The molecule has 0 aromatic heterocycles. The van der Waals surface area contributed by atoms with Crippen molar-refractivity contribution in [2.75, 3.05) is 0 Å². The highest BCUT2D eigenvalue weighted by atomic mass is 32.3. The average molecular weight is 618 g/mol. The van der Waals surface area contributed by atoms with Crippen molar-refractivity contribution < 1.29 is 105 Å². The van der Waals surface area contributed by atoms with Crippen LogP contribution in [0.3, 0.4) is 0 Å². The highest BCUT2D eigenvalue weighted by Gasteiger charge is 1.86. The van der Waals surface area contributed by atoms with Crippen molar-refractivity contribution in [3.8, 4) is 0 Å². The molecule has 0 fully saturated rings. The maximum atomic E-state index is 8.74. The third-order valence-corrected chi connectivity index (χ3v) is 0. The Morgan fingerprint density at radius 3 is 0.226 bits per heavy atom. The standard InChI is InChI=1S/Al.6H2O4S.3H/c;6*1-5(2,3)4;;;/h;6*(H2,1,2,3,4);;;. The summed E-state index contributed by atoms with van der Waals surface area (Å²) in [6, 6.07) is 0. The predicted molar refractivity (Wildman–Crippen MR) is 95.0 cm³/mol. The maximum absolute atomic E-state index is 8.74. The Balaban J connectivity index is -0.0000000443. The molecule has 0 unspecified atom stereocenters. The Morgan fingerprint density at radius 1 is 0.226 bits per heavy atom. The van der Waals surface area contributed by atoms with Crippen molar-refractivity contribution in [1.29, 1.82) is 0 Å². The van der Waals surface area contributed by atoms with Crippen LogP contribution in [0.2, 0.25) is 0 Å². The van der Waals surface area contributed by atoms with E-state index in [-0.39, 0.29) is 17.4 Å². The second-order valence-electron chi connectivity index (χ2n) is 2.69. The van der Waals surface area contributed by atoms with E-state index < -0.39 is 62.4 Å². The van der Waals surface area contributed by atoms with E-state index in [9.17, 15) is 0 Å². The fourth-order valence-electron chi connectivity index (χ4n) is 0. The molecule has 0 aliphatic carbocycles. The van der Waals surface area contributed by atoms with Crippen LogP contribution in [-0.2, 0) is 62.4 Å². The van der Waals surface area contributed by atoms with E-state index in [4.69, 9.17) is 105 Å². The molecule has 0 atom stereocenters. The molecule has 0 aromatic carbocycles. The van der Waals surface area contributed by atoms with Gasteiger partial charge in [0.25, 0.3) is 0 Å². The van der Waals surface area contributed by atoms with Gasteiger partial charge in [-0.25, -0.2) is 0 Å². The van der Waals surface area contributed by atoms with Gasteiger partial charge >= 0.3 is 62.4 Å². The highest BCUT2D eigenvalue weighted by Crippen LogP contribution is 1.61. The van der Waals surface area contributed by atoms with Crippen LogP contribution in [0.25, 0.3) is 0 Å². The van der Waals surface area contributed by atoms with Gasteiger partial charge in [-0.05, 0) is 0 Å². The van der Waals surface area contributed by atoms with E-state index >= 15 is 0 Å². The normalized spacial score (nSPS) is 11.2. The molecular weight excluding hydrogens is 603 g/mol. The first-order chi connectivity index (χ1) is 12.0. The molecule has 0 radical (unpaired) electrons. The molecule has 0 amide bonds. The first kappa shape index (κ1) is 48.3. The lowest BCUT2D eigenvalue weighted by Gasteiger charge is -1.68. The summed E-state index contributed by atoms with van der Waals surface area (Å²) in [5.74, 6) is 0. The fourth-order valence-corrected chi connectivity index (χ4v) is 0. The summed E-state index contributed by atoms with van der Waals surface area (Å²) in [6.07, 6.45) is 0. The molecule has 0 bridgehead atoms. The van der Waals surface area contributed by atoms with Gasteiger partial charge in [0.2, 0.25) is 0 Å². The molecule has 198 valence electrons. The van der Waals surface area contributed by atoms with Gasteiger partial charge in [0.15, 0.2) is 17.4 Å². The molecule has 0 heterocycles. The summed E-state index contributed by atoms with van der Waals surface area (Å²) >= 11 is 0. The Hall–Kier alpha value is -0.248. The van der Waals surface area contributed by atoms with Crippen LogP contribution in [0.5, 0.6) is 0 Å². The van der Waals surface area contributed by atoms with Gasteiger partial charge in [0, 0.05) is 0 Å². The summed E-state index contributed by atoms with van der Waals surface area (Å²) < 4.78 is 190. The minimum Gasteiger partial charge on any atom is -0.264 e. The zero-order valence-electron chi connectivity index (χ0n) is 12.7. The molecule has 12 N–H and O–H groups in total. The van der Waals surface area contributed by atoms with Crippen LogP contribution in [-0.4, -0.2) is 123 Å². The van der Waals surface area contributed by atoms with Crippen LogP contribution in [0.1, 0.15) is 0 Å². The predicted octanol–water partition coefficient (Wildman–Crippen LogP) is -5.10. The van der Waals surface area contributed by atoms with Crippen LogP contribution in [0.4, 0.5) is 0 Å². The molecule has 0 aliphatic heterocycles. The van der Waals surface area contributed by atoms with Crippen LogP contribution in [0, 0.1) is 0 Å². The first-order valence-electron chi connectivity index (χ1n) is 4.19. The van der Waals surface area contributed by atoms with E-state index in [0.717, 1.165) is 0 Å². The third kappa shape index (κ3) is 374000. The molecule has 24 nitrogen and oxygen atoms in total. The van der Waals surface area contributed by atoms with Crippen molar-refractivity contribution in [3.05, 3.63) is 0 Å².